The molecule has 2 aliphatic heterocycles. The number of hydrogen-bond donors (Lipinski definition) is 2. The number of allylic oxidation sites excluding steroid dienone is 1. The molecule has 8 heteroatoms. The molecular formula is C30H27N3O5. The standard InChI is InChI=1S/C30H27N3O5/c1-36-25-8-3-2-7-21(25)9-11-24-27(29(34)38-18-20-6-4-5-19(15-20)17-31)28(33-30(35)32-24)23-10-12-26-22(16-23)13-14-37-26/h2-8,10,12,15-16,28H,9,11,13-14,18H2,1H3,(H2,32,33,35). The molecule has 0 saturated carbocycles. The van der Waals surface area contributed by atoms with Crippen LogP contribution in [-0.4, -0.2) is 25.7 Å². The Balaban J connectivity index is 1.48. The molecular weight excluding hydrogens is 482 g/mol. The van der Waals surface area contributed by atoms with E-state index in [1.807, 2.05) is 42.5 Å². The molecule has 0 bridgehead atoms. The van der Waals surface area contributed by atoms with Gasteiger partial charge in [0.15, 0.2) is 0 Å². The number of carbonyl (C=O) groups is 2. The average molecular weight is 510 g/mol. The molecule has 3 aromatic rings. The molecule has 2 amide bonds. The van der Waals surface area contributed by atoms with Crippen LogP contribution in [0.1, 0.15) is 40.3 Å². The maximum Gasteiger partial charge on any atom is 0.338 e. The highest BCUT2D eigenvalue weighted by atomic mass is 16.5. The normalized spacial score (nSPS) is 16.0. The number of para-hydroxylation sites is 1. The van der Waals surface area contributed by atoms with Gasteiger partial charge >= 0.3 is 12.0 Å². The number of carbonyl (C=O) groups excluding carboxylic acids is 2. The molecule has 2 N–H and O–H groups in total. The Kier molecular flexibility index (Phi) is 7.27. The fraction of sp³-hybridized carbons (Fsp3) is 0.233. The van der Waals surface area contributed by atoms with Crippen LogP contribution in [0.15, 0.2) is 78.0 Å². The number of methoxy groups -OCH3 is 1. The van der Waals surface area contributed by atoms with Crippen molar-refractivity contribution in [2.75, 3.05) is 13.7 Å². The molecule has 192 valence electrons. The summed E-state index contributed by atoms with van der Waals surface area (Å²) in [6.45, 7) is 0.602. The second-order valence-electron chi connectivity index (χ2n) is 9.09. The number of hydrogen-bond acceptors (Lipinski definition) is 6. The van der Waals surface area contributed by atoms with Gasteiger partial charge in [-0.2, -0.15) is 5.26 Å². The molecule has 0 fully saturated rings. The lowest BCUT2D eigenvalue weighted by Crippen LogP contribution is -2.46. The number of benzene rings is 3. The molecule has 2 aliphatic rings. The van der Waals surface area contributed by atoms with Gasteiger partial charge in [-0.15, -0.1) is 0 Å². The first-order chi connectivity index (χ1) is 18.6. The number of urea groups is 1. The molecule has 1 atom stereocenters. The molecule has 0 spiro atoms. The maximum absolute atomic E-state index is 13.6. The first-order valence-electron chi connectivity index (χ1n) is 12.4. The van der Waals surface area contributed by atoms with Crippen molar-refractivity contribution in [2.45, 2.75) is 31.9 Å². The van der Waals surface area contributed by atoms with E-state index in [9.17, 15) is 14.9 Å². The van der Waals surface area contributed by atoms with E-state index in [1.54, 1.807) is 31.4 Å². The van der Waals surface area contributed by atoms with E-state index in [4.69, 9.17) is 14.2 Å². The van der Waals surface area contributed by atoms with E-state index in [2.05, 4.69) is 16.7 Å². The summed E-state index contributed by atoms with van der Waals surface area (Å²) < 4.78 is 16.8. The van der Waals surface area contributed by atoms with Gasteiger partial charge in [-0.05, 0) is 65.4 Å². The van der Waals surface area contributed by atoms with Crippen molar-refractivity contribution < 1.29 is 23.8 Å². The third-order valence-electron chi connectivity index (χ3n) is 6.68. The highest BCUT2D eigenvalue weighted by Gasteiger charge is 2.34. The van der Waals surface area contributed by atoms with E-state index >= 15 is 0 Å². The Labute approximate surface area is 220 Å². The number of aryl methyl sites for hydroxylation is 1. The zero-order valence-corrected chi connectivity index (χ0v) is 21.0. The summed E-state index contributed by atoms with van der Waals surface area (Å²) >= 11 is 0. The Morgan fingerprint density at radius 3 is 2.82 bits per heavy atom. The Morgan fingerprint density at radius 2 is 1.97 bits per heavy atom. The van der Waals surface area contributed by atoms with Crippen molar-refractivity contribution in [3.05, 3.63) is 106 Å². The molecule has 5 rings (SSSR count). The zero-order valence-electron chi connectivity index (χ0n) is 21.0. The van der Waals surface area contributed by atoms with Crippen molar-refractivity contribution >= 4 is 12.0 Å². The van der Waals surface area contributed by atoms with Crippen LogP contribution in [0.4, 0.5) is 4.79 Å². The van der Waals surface area contributed by atoms with E-state index in [-0.39, 0.29) is 12.6 Å². The molecule has 38 heavy (non-hydrogen) atoms. The van der Waals surface area contributed by atoms with Crippen molar-refractivity contribution in [3.63, 3.8) is 0 Å². The summed E-state index contributed by atoms with van der Waals surface area (Å²) in [7, 11) is 1.61. The van der Waals surface area contributed by atoms with Crippen molar-refractivity contribution in [3.8, 4) is 17.6 Å². The molecule has 0 aliphatic carbocycles. The molecule has 0 aromatic heterocycles. The number of rotatable bonds is 8. The quantitative estimate of drug-likeness (QED) is 0.433. The minimum atomic E-state index is -0.694. The highest BCUT2D eigenvalue weighted by molar-refractivity contribution is 5.95. The van der Waals surface area contributed by atoms with Gasteiger partial charge < -0.3 is 24.8 Å². The third kappa shape index (κ3) is 5.32. The highest BCUT2D eigenvalue weighted by Crippen LogP contribution is 2.34. The van der Waals surface area contributed by atoms with Gasteiger partial charge in [0, 0.05) is 12.1 Å². The monoisotopic (exact) mass is 509 g/mol. The summed E-state index contributed by atoms with van der Waals surface area (Å²) in [6, 6.07) is 21.3. The molecule has 8 nitrogen and oxygen atoms in total. The topological polar surface area (TPSA) is 110 Å². The zero-order chi connectivity index (χ0) is 26.5. The molecule has 0 saturated heterocycles. The van der Waals surface area contributed by atoms with Crippen LogP contribution in [0.3, 0.4) is 0 Å². The summed E-state index contributed by atoms with van der Waals surface area (Å²) in [5.74, 6) is 1.01. The summed E-state index contributed by atoms with van der Waals surface area (Å²) in [5.41, 5.74) is 4.80. The van der Waals surface area contributed by atoms with Crippen LogP contribution in [0.5, 0.6) is 11.5 Å². The van der Waals surface area contributed by atoms with Gasteiger partial charge in [-0.1, -0.05) is 36.4 Å². The lowest BCUT2D eigenvalue weighted by Gasteiger charge is -2.30. The van der Waals surface area contributed by atoms with E-state index in [1.165, 1.54) is 0 Å². The summed E-state index contributed by atoms with van der Waals surface area (Å²) in [6.07, 6.45) is 1.71. The van der Waals surface area contributed by atoms with E-state index < -0.39 is 12.0 Å². The Bertz CT molecular complexity index is 1460. The SMILES string of the molecule is COc1ccccc1CCC1=C(C(=O)OCc2cccc(C#N)c2)C(c2ccc3c(c2)CCO3)NC(=O)N1. The minimum absolute atomic E-state index is 0.00364. The van der Waals surface area contributed by atoms with Crippen molar-refractivity contribution in [1.29, 1.82) is 5.26 Å². The van der Waals surface area contributed by atoms with E-state index in [0.29, 0.717) is 41.8 Å². The van der Waals surface area contributed by atoms with Gasteiger partial charge in [-0.3, -0.25) is 0 Å². The van der Waals surface area contributed by atoms with Crippen LogP contribution in [0.25, 0.3) is 0 Å². The molecule has 1 unspecified atom stereocenters. The maximum atomic E-state index is 13.6. The number of nitrogens with zero attached hydrogens (tertiary/aromatic N) is 1. The smallest absolute Gasteiger partial charge is 0.338 e. The number of ether oxygens (including phenoxy) is 3. The summed E-state index contributed by atoms with van der Waals surface area (Å²) in [5, 5.41) is 14.9. The number of nitrogens with one attached hydrogen (secondary N) is 2. The number of nitriles is 1. The Morgan fingerprint density at radius 1 is 1.11 bits per heavy atom. The van der Waals surface area contributed by atoms with Crippen LogP contribution < -0.4 is 20.1 Å². The lowest BCUT2D eigenvalue weighted by molar-refractivity contribution is -0.140. The Hall–Kier alpha value is -4.77. The summed E-state index contributed by atoms with van der Waals surface area (Å²) in [4.78, 5) is 26.4. The second-order valence-corrected chi connectivity index (χ2v) is 9.09. The van der Waals surface area contributed by atoms with Crippen molar-refractivity contribution in [2.24, 2.45) is 0 Å². The predicted octanol–water partition coefficient (Wildman–Crippen LogP) is 4.49. The van der Waals surface area contributed by atoms with Crippen molar-refractivity contribution in [1.82, 2.24) is 10.6 Å². The number of amides is 2. The van der Waals surface area contributed by atoms with E-state index in [0.717, 1.165) is 34.6 Å². The lowest BCUT2D eigenvalue weighted by atomic mass is 9.91. The second kappa shape index (κ2) is 11.1. The molecule has 0 radical (unpaired) electrons. The number of esters is 1. The van der Waals surface area contributed by atoms with Gasteiger partial charge in [0.2, 0.25) is 0 Å². The van der Waals surface area contributed by atoms with Gasteiger partial charge in [-0.25, -0.2) is 9.59 Å². The average Bonchev–Trinajstić information content (AvgIpc) is 3.43. The number of fused-ring (bicyclic) bond motifs is 1. The fourth-order valence-corrected chi connectivity index (χ4v) is 4.82. The predicted molar refractivity (Wildman–Crippen MR) is 139 cm³/mol. The first-order valence-corrected chi connectivity index (χ1v) is 12.4. The van der Waals surface area contributed by atoms with Crippen LogP contribution in [0, 0.1) is 11.3 Å². The van der Waals surface area contributed by atoms with Gasteiger partial charge in [0.05, 0.1) is 37.0 Å². The fourth-order valence-electron chi connectivity index (χ4n) is 4.82. The van der Waals surface area contributed by atoms with Crippen LogP contribution >= 0.6 is 0 Å². The third-order valence-corrected chi connectivity index (χ3v) is 6.68. The first kappa shape index (κ1) is 24.9. The van der Waals surface area contributed by atoms with Crippen LogP contribution in [0.2, 0.25) is 0 Å². The van der Waals surface area contributed by atoms with Crippen LogP contribution in [-0.2, 0) is 29.0 Å². The molecule has 2 heterocycles. The van der Waals surface area contributed by atoms with Gasteiger partial charge in [0.1, 0.15) is 18.1 Å². The molecule has 3 aromatic carbocycles. The minimum Gasteiger partial charge on any atom is -0.496 e. The van der Waals surface area contributed by atoms with Gasteiger partial charge in [0.25, 0.3) is 0 Å². The largest absolute Gasteiger partial charge is 0.496 e.